The Kier molecular flexibility index (Phi) is 6.61. The first-order valence-electron chi connectivity index (χ1n) is 21.9. The number of benzene rings is 8. The van der Waals surface area contributed by atoms with Crippen molar-refractivity contribution in [3.05, 3.63) is 174 Å². The fourth-order valence-electron chi connectivity index (χ4n) is 11.7. The third-order valence-corrected chi connectivity index (χ3v) is 15.7. The van der Waals surface area contributed by atoms with Crippen LogP contribution in [0.1, 0.15) is 51.3 Å². The summed E-state index contributed by atoms with van der Waals surface area (Å²) in [6.45, 7) is 11.7. The molecule has 8 aromatic carbocycles. The lowest BCUT2D eigenvalue weighted by Gasteiger charge is -2.42. The van der Waals surface area contributed by atoms with Gasteiger partial charge in [-0.3, -0.25) is 0 Å². The van der Waals surface area contributed by atoms with Gasteiger partial charge >= 0.3 is 6.85 Å². The summed E-state index contributed by atoms with van der Waals surface area (Å²) in [5.41, 5.74) is 22.1. The first kappa shape index (κ1) is 34.8. The normalized spacial score (nSPS) is 14.6. The highest BCUT2D eigenvalue weighted by Crippen LogP contribution is 2.58. The molecule has 62 heavy (non-hydrogen) atoms. The largest absolute Gasteiger partial charge is 0.455 e. The zero-order valence-electron chi connectivity index (χ0n) is 35.3. The van der Waals surface area contributed by atoms with Gasteiger partial charge in [0.25, 0.3) is 0 Å². The average molecular weight is 813 g/mol. The van der Waals surface area contributed by atoms with Gasteiger partial charge in [0.05, 0.1) is 21.6 Å². The summed E-state index contributed by atoms with van der Waals surface area (Å²) in [6.07, 6.45) is 0. The summed E-state index contributed by atoms with van der Waals surface area (Å²) in [5.74, 6) is 0. The summed E-state index contributed by atoms with van der Waals surface area (Å²) >= 11 is 1.92. The minimum Gasteiger partial charge on any atom is -0.455 e. The third kappa shape index (κ3) is 4.27. The van der Waals surface area contributed by atoms with Crippen LogP contribution in [0, 0.1) is 0 Å². The molecule has 11 aromatic rings. The molecule has 3 aromatic heterocycles. The third-order valence-electron chi connectivity index (χ3n) is 14.5. The highest BCUT2D eigenvalue weighted by atomic mass is 32.1. The molecule has 0 unspecified atom stereocenters. The highest BCUT2D eigenvalue weighted by molar-refractivity contribution is 7.27. The molecular formula is C57H41BN2OS. The van der Waals surface area contributed by atoms with Crippen LogP contribution in [0.25, 0.3) is 86.5 Å². The van der Waals surface area contributed by atoms with Gasteiger partial charge in [0.1, 0.15) is 11.2 Å². The Morgan fingerprint density at radius 1 is 0.581 bits per heavy atom. The summed E-state index contributed by atoms with van der Waals surface area (Å²) in [5, 5.41) is 4.90. The fourth-order valence-corrected chi connectivity index (χ4v) is 12.9. The number of hydrogen-bond acceptors (Lipinski definition) is 3. The quantitative estimate of drug-likeness (QED) is 0.162. The number of hydrogen-bond donors (Lipinski definition) is 0. The Morgan fingerprint density at radius 2 is 1.32 bits per heavy atom. The van der Waals surface area contributed by atoms with Crippen LogP contribution < -0.4 is 15.8 Å². The summed E-state index contributed by atoms with van der Waals surface area (Å²) in [7, 11) is 0. The van der Waals surface area contributed by atoms with E-state index in [1.165, 1.54) is 109 Å². The van der Waals surface area contributed by atoms with Gasteiger partial charge in [-0.25, -0.2) is 0 Å². The Morgan fingerprint density at radius 3 is 2.18 bits per heavy atom. The van der Waals surface area contributed by atoms with Gasteiger partial charge in [0.15, 0.2) is 0 Å². The van der Waals surface area contributed by atoms with E-state index < -0.39 is 0 Å². The summed E-state index contributed by atoms with van der Waals surface area (Å²) in [4.78, 5) is 2.68. The van der Waals surface area contributed by atoms with Crippen molar-refractivity contribution >= 4 is 99.3 Å². The number of anilines is 3. The number of furan rings is 1. The van der Waals surface area contributed by atoms with Crippen LogP contribution >= 0.6 is 11.3 Å². The average Bonchev–Trinajstić information content (AvgIpc) is 4.01. The van der Waals surface area contributed by atoms with Gasteiger partial charge in [-0.05, 0) is 74.5 Å². The maximum absolute atomic E-state index is 7.09. The molecule has 0 amide bonds. The zero-order chi connectivity index (χ0) is 41.4. The van der Waals surface area contributed by atoms with Crippen molar-refractivity contribution in [3.8, 4) is 33.4 Å². The number of thiophene rings is 1. The molecule has 0 atom stereocenters. The van der Waals surface area contributed by atoms with Crippen molar-refractivity contribution in [1.29, 1.82) is 0 Å². The number of para-hydroxylation sites is 2. The molecule has 0 radical (unpaired) electrons. The van der Waals surface area contributed by atoms with Crippen LogP contribution in [0.3, 0.4) is 0 Å². The molecule has 1 aliphatic carbocycles. The van der Waals surface area contributed by atoms with E-state index in [9.17, 15) is 0 Å². The standard InChI is InChI=1S/C57H41BN2OS/c1-56(2,3)33-26-29-44(39(30-33)32-16-7-6-8-17-32)59-45-31-40-34-18-10-13-24-46(34)61-54(40)49-37-21-15-22-38-51(37)60(52-36-20-11-14-25-47(36)62-55(38)52)58(50(45)49)43-28-27-42-48(53(43)59)35-19-9-12-23-41(35)57(42,4)5/h6-31H,1-5H3. The molecule has 0 fully saturated rings. The van der Waals surface area contributed by atoms with E-state index in [4.69, 9.17) is 4.42 Å². The van der Waals surface area contributed by atoms with Crippen molar-refractivity contribution in [1.82, 2.24) is 4.48 Å². The lowest BCUT2D eigenvalue weighted by molar-refractivity contribution is 0.590. The maximum atomic E-state index is 7.09. The topological polar surface area (TPSA) is 21.3 Å². The van der Waals surface area contributed by atoms with Crippen molar-refractivity contribution in [2.75, 3.05) is 4.90 Å². The molecule has 294 valence electrons. The van der Waals surface area contributed by atoms with Crippen molar-refractivity contribution < 1.29 is 4.42 Å². The van der Waals surface area contributed by atoms with E-state index in [-0.39, 0.29) is 17.7 Å². The smallest absolute Gasteiger partial charge is 0.333 e. The van der Waals surface area contributed by atoms with Crippen LogP contribution in [0.2, 0.25) is 0 Å². The molecule has 3 aliphatic rings. The molecule has 5 heterocycles. The molecule has 0 saturated carbocycles. The molecule has 3 nitrogen and oxygen atoms in total. The molecular weight excluding hydrogens is 772 g/mol. The van der Waals surface area contributed by atoms with E-state index in [1.807, 2.05) is 11.3 Å². The van der Waals surface area contributed by atoms with Crippen molar-refractivity contribution in [3.63, 3.8) is 0 Å². The Balaban J connectivity index is 1.23. The Labute approximate surface area is 364 Å². The minimum atomic E-state index is -0.183. The minimum absolute atomic E-state index is 0.0385. The SMILES string of the molecule is CC(C)(C)c1ccc(N2c3cc4c(oc5ccccc54)c4c3B(c3ccc5c(c32)-c2ccccc2C5(C)C)n2c3c-4cccc3c3sc4ccccc4c32)c(-c2ccccc2)c1. The maximum Gasteiger partial charge on any atom is 0.333 e. The number of aromatic nitrogens is 1. The number of fused-ring (bicyclic) bond motifs is 17. The van der Waals surface area contributed by atoms with Gasteiger partial charge in [-0.1, -0.05) is 162 Å². The Bertz CT molecular complexity index is 3780. The van der Waals surface area contributed by atoms with Crippen LogP contribution in [0.4, 0.5) is 17.1 Å². The molecule has 14 rings (SSSR count). The predicted molar refractivity (Wildman–Crippen MR) is 264 cm³/mol. The lowest BCUT2D eigenvalue weighted by atomic mass is 9.44. The monoisotopic (exact) mass is 812 g/mol. The van der Waals surface area contributed by atoms with Crippen molar-refractivity contribution in [2.45, 2.75) is 45.4 Å². The van der Waals surface area contributed by atoms with E-state index in [0.29, 0.717) is 0 Å². The Hall–Kier alpha value is -6.82. The van der Waals surface area contributed by atoms with Gasteiger partial charge in [0.2, 0.25) is 0 Å². The summed E-state index contributed by atoms with van der Waals surface area (Å²) in [6, 6.07) is 59.4. The summed E-state index contributed by atoms with van der Waals surface area (Å²) < 4.78 is 12.5. The zero-order valence-corrected chi connectivity index (χ0v) is 36.1. The van der Waals surface area contributed by atoms with E-state index in [1.54, 1.807) is 0 Å². The van der Waals surface area contributed by atoms with Gasteiger partial charge in [-0.2, -0.15) is 0 Å². The highest BCUT2D eigenvalue weighted by Gasteiger charge is 2.48. The first-order chi connectivity index (χ1) is 30.2. The first-order valence-corrected chi connectivity index (χ1v) is 22.7. The van der Waals surface area contributed by atoms with Crippen LogP contribution in [0.15, 0.2) is 162 Å². The van der Waals surface area contributed by atoms with Crippen LogP contribution in [-0.2, 0) is 10.8 Å². The van der Waals surface area contributed by atoms with Crippen LogP contribution in [-0.4, -0.2) is 11.3 Å². The molecule has 2 aliphatic heterocycles. The number of rotatable bonds is 2. The second kappa shape index (κ2) is 11.8. The van der Waals surface area contributed by atoms with Crippen LogP contribution in [0.5, 0.6) is 0 Å². The van der Waals surface area contributed by atoms with Gasteiger partial charge in [-0.15, -0.1) is 11.3 Å². The predicted octanol–water partition coefficient (Wildman–Crippen LogP) is 14.6. The lowest BCUT2D eigenvalue weighted by Crippen LogP contribution is -2.57. The fraction of sp³-hybridized carbons (Fsp3) is 0.123. The second-order valence-electron chi connectivity index (χ2n) is 19.2. The molecule has 0 saturated heterocycles. The number of nitrogens with zero attached hydrogens (tertiary/aromatic N) is 2. The van der Waals surface area contributed by atoms with E-state index in [2.05, 4.69) is 202 Å². The van der Waals surface area contributed by atoms with E-state index >= 15 is 0 Å². The molecule has 0 spiro atoms. The van der Waals surface area contributed by atoms with E-state index in [0.717, 1.165) is 21.9 Å². The van der Waals surface area contributed by atoms with Gasteiger partial charge < -0.3 is 13.8 Å². The molecule has 5 heteroatoms. The van der Waals surface area contributed by atoms with Gasteiger partial charge in [0, 0.05) is 65.1 Å². The molecule has 0 bridgehead atoms. The van der Waals surface area contributed by atoms with Crippen molar-refractivity contribution in [2.24, 2.45) is 0 Å². The molecule has 0 N–H and O–H groups in total. The second-order valence-corrected chi connectivity index (χ2v) is 20.2.